The normalized spacial score (nSPS) is 12.3. The van der Waals surface area contributed by atoms with Crippen LogP contribution in [0.2, 0.25) is 5.02 Å². The molecule has 3 aromatic rings. The van der Waals surface area contributed by atoms with Gasteiger partial charge in [-0.1, -0.05) is 23.7 Å². The van der Waals surface area contributed by atoms with Crippen LogP contribution >= 0.6 is 22.9 Å². The lowest BCUT2D eigenvalue weighted by Gasteiger charge is -2.10. The summed E-state index contributed by atoms with van der Waals surface area (Å²) in [7, 11) is 1.71. The van der Waals surface area contributed by atoms with Crippen molar-refractivity contribution < 1.29 is 4.39 Å². The van der Waals surface area contributed by atoms with E-state index in [1.54, 1.807) is 23.9 Å². The van der Waals surface area contributed by atoms with Crippen molar-refractivity contribution in [1.29, 1.82) is 0 Å². The summed E-state index contributed by atoms with van der Waals surface area (Å²) in [5.74, 6) is -0.407. The first kappa shape index (κ1) is 18.5. The van der Waals surface area contributed by atoms with Gasteiger partial charge in [-0.2, -0.15) is 5.10 Å². The van der Waals surface area contributed by atoms with Gasteiger partial charge in [0.25, 0.3) is 0 Å². The van der Waals surface area contributed by atoms with Crippen molar-refractivity contribution in [3.8, 4) is 11.3 Å². The van der Waals surface area contributed by atoms with E-state index in [1.807, 2.05) is 5.38 Å². The number of thiazole rings is 1. The summed E-state index contributed by atoms with van der Waals surface area (Å²) in [5, 5.41) is 6.82. The van der Waals surface area contributed by atoms with E-state index in [9.17, 15) is 4.39 Å². The van der Waals surface area contributed by atoms with Crippen LogP contribution in [0.15, 0.2) is 45.8 Å². The van der Waals surface area contributed by atoms with Crippen LogP contribution in [0.4, 0.5) is 4.39 Å². The van der Waals surface area contributed by atoms with E-state index in [0.717, 1.165) is 21.6 Å². The Labute approximate surface area is 161 Å². The molecule has 2 aromatic carbocycles. The van der Waals surface area contributed by atoms with E-state index in [-0.39, 0.29) is 5.56 Å². The fraction of sp³-hybridized carbons (Fsp3) is 0.200. The van der Waals surface area contributed by atoms with Gasteiger partial charge in [-0.25, -0.2) is 9.07 Å². The molecule has 26 heavy (non-hydrogen) atoms. The summed E-state index contributed by atoms with van der Waals surface area (Å²) in [6, 6.07) is 8.89. The lowest BCUT2D eigenvalue weighted by atomic mass is 9.99. The number of hydrogen-bond acceptors (Lipinski definition) is 3. The zero-order valence-corrected chi connectivity index (χ0v) is 16.6. The monoisotopic (exact) mass is 387 g/mol. The maximum absolute atomic E-state index is 14.0. The van der Waals surface area contributed by atoms with E-state index >= 15 is 0 Å². The minimum Gasteiger partial charge on any atom is -0.261 e. The molecule has 3 rings (SSSR count). The zero-order chi connectivity index (χ0) is 18.8. The molecule has 1 aromatic heterocycles. The third kappa shape index (κ3) is 3.50. The lowest BCUT2D eigenvalue weighted by Crippen LogP contribution is -2.12. The van der Waals surface area contributed by atoms with Gasteiger partial charge in [-0.3, -0.25) is 4.99 Å². The molecule has 0 fully saturated rings. The van der Waals surface area contributed by atoms with Crippen molar-refractivity contribution in [3.05, 3.63) is 73.6 Å². The molecule has 0 N–H and O–H groups in total. The van der Waals surface area contributed by atoms with Gasteiger partial charge in [-0.05, 0) is 55.7 Å². The molecule has 0 unspecified atom stereocenters. The van der Waals surface area contributed by atoms with Gasteiger partial charge >= 0.3 is 0 Å². The third-order valence-electron chi connectivity index (χ3n) is 4.30. The largest absolute Gasteiger partial charge is 0.261 e. The molecule has 1 heterocycles. The molecule has 0 aliphatic carbocycles. The third-order valence-corrected chi connectivity index (χ3v) is 5.53. The van der Waals surface area contributed by atoms with Gasteiger partial charge in [0.05, 0.1) is 16.9 Å². The lowest BCUT2D eigenvalue weighted by molar-refractivity contribution is 0.625. The standard InChI is InChI=1S/C20H19ClFN3S/c1-12-8-14(3)15(9-13(12)2)19-11-26-20(23-4)25(19)24-10-16-17(21)6-5-7-18(16)22/h5-11H,1-4H3. The number of halogens is 2. The molecule has 0 spiro atoms. The second-order valence-electron chi connectivity index (χ2n) is 6.07. The van der Waals surface area contributed by atoms with E-state index in [0.29, 0.717) is 5.02 Å². The van der Waals surface area contributed by atoms with Crippen LogP contribution in [-0.4, -0.2) is 17.9 Å². The average Bonchev–Trinajstić information content (AvgIpc) is 3.00. The van der Waals surface area contributed by atoms with Crippen LogP contribution < -0.4 is 4.80 Å². The Bertz CT molecular complexity index is 1040. The molecule has 0 saturated carbocycles. The number of benzene rings is 2. The molecule has 6 heteroatoms. The molecule has 3 nitrogen and oxygen atoms in total. The van der Waals surface area contributed by atoms with Gasteiger partial charge in [0.1, 0.15) is 5.82 Å². The van der Waals surface area contributed by atoms with Crippen LogP contribution in [0.1, 0.15) is 22.3 Å². The summed E-state index contributed by atoms with van der Waals surface area (Å²) >= 11 is 7.59. The van der Waals surface area contributed by atoms with Crippen molar-refractivity contribution in [2.45, 2.75) is 20.8 Å². The molecule has 0 aliphatic rings. The number of rotatable bonds is 3. The van der Waals surface area contributed by atoms with Gasteiger partial charge in [-0.15, -0.1) is 11.3 Å². The Hall–Kier alpha value is -2.24. The Balaban J connectivity index is 2.16. The smallest absolute Gasteiger partial charge is 0.205 e. The predicted molar refractivity (Wildman–Crippen MR) is 108 cm³/mol. The molecule has 0 atom stereocenters. The maximum Gasteiger partial charge on any atom is 0.205 e. The predicted octanol–water partition coefficient (Wildman–Crippen LogP) is 5.35. The SMILES string of the molecule is CN=c1scc(-c2cc(C)c(C)cc2C)n1N=Cc1c(F)cccc1Cl. The van der Waals surface area contributed by atoms with Crippen molar-refractivity contribution in [2.75, 3.05) is 7.05 Å². The summed E-state index contributed by atoms with van der Waals surface area (Å²) in [6.45, 7) is 6.26. The zero-order valence-electron chi connectivity index (χ0n) is 15.0. The van der Waals surface area contributed by atoms with E-state index in [2.05, 4.69) is 43.0 Å². The first-order valence-corrected chi connectivity index (χ1v) is 9.38. The summed E-state index contributed by atoms with van der Waals surface area (Å²) in [6.07, 6.45) is 1.44. The van der Waals surface area contributed by atoms with Crippen molar-refractivity contribution >= 4 is 29.2 Å². The first-order valence-electron chi connectivity index (χ1n) is 8.12. The molecular formula is C20H19ClFN3S. The quantitative estimate of drug-likeness (QED) is 0.542. The summed E-state index contributed by atoms with van der Waals surface area (Å²) < 4.78 is 15.8. The highest BCUT2D eigenvalue weighted by Crippen LogP contribution is 2.27. The Morgan fingerprint density at radius 1 is 1.12 bits per heavy atom. The molecule has 0 bridgehead atoms. The molecular weight excluding hydrogens is 369 g/mol. The van der Waals surface area contributed by atoms with Crippen LogP contribution in [-0.2, 0) is 0 Å². The fourth-order valence-corrected chi connectivity index (χ4v) is 3.74. The molecule has 134 valence electrons. The minimum atomic E-state index is -0.407. The second-order valence-corrected chi connectivity index (χ2v) is 7.31. The minimum absolute atomic E-state index is 0.262. The van der Waals surface area contributed by atoms with E-state index in [1.165, 1.54) is 34.7 Å². The van der Waals surface area contributed by atoms with Crippen molar-refractivity contribution in [2.24, 2.45) is 10.1 Å². The average molecular weight is 388 g/mol. The summed E-state index contributed by atoms with van der Waals surface area (Å²) in [4.78, 5) is 5.01. The van der Waals surface area contributed by atoms with E-state index in [4.69, 9.17) is 11.6 Å². The Kier molecular flexibility index (Phi) is 5.39. The highest BCUT2D eigenvalue weighted by atomic mass is 35.5. The van der Waals surface area contributed by atoms with Gasteiger partial charge in [0, 0.05) is 23.6 Å². The number of hydrogen-bond donors (Lipinski definition) is 0. The molecule has 0 amide bonds. The topological polar surface area (TPSA) is 29.6 Å². The van der Waals surface area contributed by atoms with Crippen LogP contribution in [0.3, 0.4) is 0 Å². The second kappa shape index (κ2) is 7.56. The Morgan fingerprint density at radius 2 is 1.85 bits per heavy atom. The van der Waals surface area contributed by atoms with Crippen LogP contribution in [0.25, 0.3) is 11.3 Å². The van der Waals surface area contributed by atoms with Crippen LogP contribution in [0.5, 0.6) is 0 Å². The highest BCUT2D eigenvalue weighted by molar-refractivity contribution is 7.07. The van der Waals surface area contributed by atoms with Crippen molar-refractivity contribution in [1.82, 2.24) is 4.68 Å². The summed E-state index contributed by atoms with van der Waals surface area (Å²) in [5.41, 5.74) is 5.87. The first-order chi connectivity index (χ1) is 12.4. The number of aromatic nitrogens is 1. The number of aryl methyl sites for hydroxylation is 3. The van der Waals surface area contributed by atoms with Crippen LogP contribution in [0, 0.1) is 26.6 Å². The maximum atomic E-state index is 14.0. The number of nitrogens with zero attached hydrogens (tertiary/aromatic N) is 3. The molecule has 0 radical (unpaired) electrons. The highest BCUT2D eigenvalue weighted by Gasteiger charge is 2.12. The van der Waals surface area contributed by atoms with Gasteiger partial charge in [0.15, 0.2) is 0 Å². The van der Waals surface area contributed by atoms with Gasteiger partial charge < -0.3 is 0 Å². The molecule has 0 saturated heterocycles. The Morgan fingerprint density at radius 3 is 2.54 bits per heavy atom. The van der Waals surface area contributed by atoms with Crippen molar-refractivity contribution in [3.63, 3.8) is 0 Å². The van der Waals surface area contributed by atoms with Gasteiger partial charge in [0.2, 0.25) is 4.80 Å². The fourth-order valence-electron chi connectivity index (χ4n) is 2.73. The molecule has 0 aliphatic heterocycles. The van der Waals surface area contributed by atoms with E-state index < -0.39 is 5.82 Å².